The summed E-state index contributed by atoms with van der Waals surface area (Å²) in [6.07, 6.45) is 1.37. The lowest BCUT2D eigenvalue weighted by Gasteiger charge is -2.38. The van der Waals surface area contributed by atoms with Crippen LogP contribution in [0.5, 0.6) is 0 Å². The third kappa shape index (κ3) is 6.79. The number of likely N-dealkylation sites (tertiary alicyclic amines) is 1. The second-order valence-electron chi connectivity index (χ2n) is 11.5. The summed E-state index contributed by atoms with van der Waals surface area (Å²) in [5.74, 6) is -2.32. The van der Waals surface area contributed by atoms with Gasteiger partial charge in [-0.15, -0.1) is 0 Å². The van der Waals surface area contributed by atoms with Crippen molar-refractivity contribution >= 4 is 23.4 Å². The number of hydrogen-bond donors (Lipinski definition) is 0. The van der Waals surface area contributed by atoms with Gasteiger partial charge in [0, 0.05) is 62.4 Å². The molecule has 2 aliphatic rings. The Kier molecular flexibility index (Phi) is 9.29. The molecule has 2 amide bonds. The number of amides is 2. The number of hydrogen-bond acceptors (Lipinski definition) is 4. The summed E-state index contributed by atoms with van der Waals surface area (Å²) in [5, 5.41) is 0.629. The molecule has 0 radical (unpaired) electrons. The van der Waals surface area contributed by atoms with Crippen LogP contribution in [0.2, 0.25) is 5.02 Å². The molecule has 0 aromatic heterocycles. The molecule has 0 aliphatic carbocycles. The molecule has 0 bridgehead atoms. The Bertz CT molecular complexity index is 1170. The Hall–Kier alpha value is -2.55. The molecule has 2 aromatic rings. The molecular weight excluding hydrogens is 524 g/mol. The van der Waals surface area contributed by atoms with Crippen LogP contribution >= 0.6 is 11.6 Å². The van der Waals surface area contributed by atoms with Crippen LogP contribution in [0.1, 0.15) is 56.7 Å². The summed E-state index contributed by atoms with van der Waals surface area (Å²) in [6, 6.07) is 11.0. The van der Waals surface area contributed by atoms with Crippen LogP contribution in [0.3, 0.4) is 0 Å². The van der Waals surface area contributed by atoms with Crippen molar-refractivity contribution in [3.05, 3.63) is 70.2 Å². The van der Waals surface area contributed by atoms with Crippen molar-refractivity contribution < 1.29 is 23.1 Å². The molecule has 0 unspecified atom stereocenters. The second-order valence-corrected chi connectivity index (χ2v) is 11.9. The number of nitrogens with zero attached hydrogens (tertiary/aromatic N) is 3. The monoisotopic (exact) mass is 561 g/mol. The van der Waals surface area contributed by atoms with Gasteiger partial charge in [0.2, 0.25) is 11.8 Å². The van der Waals surface area contributed by atoms with E-state index in [9.17, 15) is 18.4 Å². The average molecular weight is 562 g/mol. The molecular formula is C30H38ClF2N3O3. The normalized spacial score (nSPS) is 23.0. The van der Waals surface area contributed by atoms with E-state index in [2.05, 4.69) is 25.7 Å². The van der Waals surface area contributed by atoms with Gasteiger partial charge in [0.1, 0.15) is 18.2 Å². The molecule has 0 spiro atoms. The summed E-state index contributed by atoms with van der Waals surface area (Å²) < 4.78 is 33.8. The van der Waals surface area contributed by atoms with E-state index in [0.717, 1.165) is 11.6 Å². The Morgan fingerprint density at radius 2 is 1.74 bits per heavy atom. The number of methoxy groups -OCH3 is 1. The van der Waals surface area contributed by atoms with Gasteiger partial charge in [0.05, 0.1) is 12.0 Å². The van der Waals surface area contributed by atoms with Gasteiger partial charge in [-0.3, -0.25) is 14.5 Å². The zero-order chi connectivity index (χ0) is 28.3. The summed E-state index contributed by atoms with van der Waals surface area (Å²) in [6.45, 7) is 8.43. The molecule has 2 aromatic carbocycles. The van der Waals surface area contributed by atoms with Crippen LogP contribution in [0.4, 0.5) is 8.78 Å². The van der Waals surface area contributed by atoms with Crippen LogP contribution < -0.4 is 0 Å². The van der Waals surface area contributed by atoms with Crippen molar-refractivity contribution in [2.75, 3.05) is 46.4 Å². The first-order valence-electron chi connectivity index (χ1n) is 13.5. The van der Waals surface area contributed by atoms with E-state index < -0.39 is 23.5 Å². The van der Waals surface area contributed by atoms with Gasteiger partial charge in [-0.2, -0.15) is 0 Å². The van der Waals surface area contributed by atoms with Crippen molar-refractivity contribution in [1.82, 2.24) is 14.7 Å². The van der Waals surface area contributed by atoms with E-state index in [-0.39, 0.29) is 30.0 Å². The fourth-order valence-corrected chi connectivity index (χ4v) is 5.96. The standard InChI is InChI=1S/C30H38ClF2N3O3/c1-30(2,3)35-17-24(23-12-11-22(32)16-26(23)33)25(18-35)29(38)34-13-5-6-27(20-7-9-21(31)10-8-20)36(15-14-34)28(37)19-39-4/h7-12,16,24-25,27H,5-6,13-15,17-19H2,1-4H3/t24-,25+,27-/m0/s1. The Morgan fingerprint density at radius 3 is 2.38 bits per heavy atom. The van der Waals surface area contributed by atoms with E-state index >= 15 is 0 Å². The number of benzene rings is 2. The first-order valence-corrected chi connectivity index (χ1v) is 13.9. The van der Waals surface area contributed by atoms with Gasteiger partial charge < -0.3 is 14.5 Å². The number of carbonyl (C=O) groups excluding carboxylic acids is 2. The summed E-state index contributed by atoms with van der Waals surface area (Å²) in [7, 11) is 1.49. The number of ether oxygens (including phenoxy) is 1. The molecule has 2 aliphatic heterocycles. The maximum Gasteiger partial charge on any atom is 0.249 e. The SMILES string of the molecule is COCC(=O)N1CCN(C(=O)[C@@H]2CN(C(C)(C)C)C[C@H]2c2ccc(F)cc2F)CCC[C@H]1c1ccc(Cl)cc1. The third-order valence-electron chi connectivity index (χ3n) is 7.99. The van der Waals surface area contributed by atoms with Gasteiger partial charge >= 0.3 is 0 Å². The average Bonchev–Trinajstić information content (AvgIpc) is 3.30. The lowest BCUT2D eigenvalue weighted by atomic mass is 9.87. The van der Waals surface area contributed by atoms with Crippen molar-refractivity contribution in [3.8, 4) is 0 Å². The molecule has 212 valence electrons. The van der Waals surface area contributed by atoms with E-state index in [0.29, 0.717) is 56.2 Å². The largest absolute Gasteiger partial charge is 0.375 e. The van der Waals surface area contributed by atoms with E-state index in [1.807, 2.05) is 29.2 Å². The fraction of sp³-hybridized carbons (Fsp3) is 0.533. The first kappa shape index (κ1) is 29.4. The van der Waals surface area contributed by atoms with Crippen LogP contribution in [-0.2, 0) is 14.3 Å². The maximum absolute atomic E-state index is 14.9. The predicted octanol–water partition coefficient (Wildman–Crippen LogP) is 5.27. The Labute approximate surface area is 234 Å². The van der Waals surface area contributed by atoms with E-state index in [4.69, 9.17) is 16.3 Å². The molecule has 0 N–H and O–H groups in total. The second kappa shape index (κ2) is 12.3. The van der Waals surface area contributed by atoms with Crippen LogP contribution in [0.15, 0.2) is 42.5 Å². The van der Waals surface area contributed by atoms with E-state index in [1.54, 1.807) is 4.90 Å². The molecule has 6 nitrogen and oxygen atoms in total. The smallest absolute Gasteiger partial charge is 0.249 e. The minimum absolute atomic E-state index is 0.0485. The number of halogens is 3. The molecule has 0 saturated carbocycles. The Morgan fingerprint density at radius 1 is 1.03 bits per heavy atom. The minimum Gasteiger partial charge on any atom is -0.375 e. The molecule has 39 heavy (non-hydrogen) atoms. The van der Waals surface area contributed by atoms with Crippen molar-refractivity contribution in [2.45, 2.75) is 51.1 Å². The molecule has 9 heteroatoms. The minimum atomic E-state index is -0.635. The van der Waals surface area contributed by atoms with Gasteiger partial charge in [-0.05, 0) is 62.9 Å². The van der Waals surface area contributed by atoms with Gasteiger partial charge in [-0.25, -0.2) is 8.78 Å². The molecule has 2 fully saturated rings. The van der Waals surface area contributed by atoms with Crippen LogP contribution in [-0.4, -0.2) is 78.5 Å². The quantitative estimate of drug-likeness (QED) is 0.499. The summed E-state index contributed by atoms with van der Waals surface area (Å²) >= 11 is 6.10. The lowest BCUT2D eigenvalue weighted by molar-refractivity contribution is -0.142. The van der Waals surface area contributed by atoms with Crippen molar-refractivity contribution in [1.29, 1.82) is 0 Å². The number of rotatable bonds is 5. The van der Waals surface area contributed by atoms with Crippen LogP contribution in [0.25, 0.3) is 0 Å². The van der Waals surface area contributed by atoms with Gasteiger partial charge in [0.15, 0.2) is 0 Å². The molecule has 2 heterocycles. The highest BCUT2D eigenvalue weighted by Crippen LogP contribution is 2.39. The zero-order valence-corrected chi connectivity index (χ0v) is 23.9. The van der Waals surface area contributed by atoms with Gasteiger partial charge in [0.25, 0.3) is 0 Å². The summed E-state index contributed by atoms with van der Waals surface area (Å²) in [4.78, 5) is 32.9. The van der Waals surface area contributed by atoms with Gasteiger partial charge in [-0.1, -0.05) is 29.8 Å². The highest BCUT2D eigenvalue weighted by molar-refractivity contribution is 6.30. The van der Waals surface area contributed by atoms with Crippen molar-refractivity contribution in [2.24, 2.45) is 5.92 Å². The molecule has 4 rings (SSSR count). The predicted molar refractivity (Wildman–Crippen MR) is 148 cm³/mol. The third-order valence-corrected chi connectivity index (χ3v) is 8.25. The lowest BCUT2D eigenvalue weighted by Crippen LogP contribution is -2.48. The summed E-state index contributed by atoms with van der Waals surface area (Å²) in [5.41, 5.74) is 1.15. The highest BCUT2D eigenvalue weighted by atomic mass is 35.5. The molecule has 2 saturated heterocycles. The maximum atomic E-state index is 14.9. The van der Waals surface area contributed by atoms with Crippen molar-refractivity contribution in [3.63, 3.8) is 0 Å². The highest BCUT2D eigenvalue weighted by Gasteiger charge is 2.44. The first-order chi connectivity index (χ1) is 18.5. The number of carbonyl (C=O) groups is 2. The fourth-order valence-electron chi connectivity index (χ4n) is 5.84. The van der Waals surface area contributed by atoms with Crippen LogP contribution in [0, 0.1) is 17.6 Å². The zero-order valence-electron chi connectivity index (χ0n) is 23.1. The topological polar surface area (TPSA) is 53.1 Å². The van der Waals surface area contributed by atoms with E-state index in [1.165, 1.54) is 19.2 Å². The molecule has 3 atom stereocenters. The Balaban J connectivity index is 1.58.